The molecule has 1 unspecified atom stereocenters. The van der Waals surface area contributed by atoms with Crippen LogP contribution >= 0.6 is 0 Å². The molecule has 1 aliphatic rings. The summed E-state index contributed by atoms with van der Waals surface area (Å²) in [4.78, 5) is 3.96. The van der Waals surface area contributed by atoms with Gasteiger partial charge in [-0.15, -0.1) is 0 Å². The molecular formula is C13H21N3O3S. The molecule has 0 amide bonds. The lowest BCUT2D eigenvalue weighted by Crippen LogP contribution is -2.45. The molecule has 1 fully saturated rings. The van der Waals surface area contributed by atoms with Crippen LogP contribution in [0.4, 0.5) is 0 Å². The van der Waals surface area contributed by atoms with Crippen LogP contribution < -0.4 is 10.5 Å². The summed E-state index contributed by atoms with van der Waals surface area (Å²) in [5.74, 6) is 0. The number of sulfonamides is 1. The van der Waals surface area contributed by atoms with E-state index in [1.54, 1.807) is 6.07 Å². The number of rotatable bonds is 4. The standard InChI is InChI=1S/C13H21N3O3S/c1-13(2)7-11(5-6-19-13)16-20(17,18)12-4-3-10(8-14)9-15-12/h3-4,9,11,16H,5-8,14H2,1-2H3. The Morgan fingerprint density at radius 3 is 2.80 bits per heavy atom. The van der Waals surface area contributed by atoms with E-state index in [0.29, 0.717) is 26.0 Å². The molecule has 7 heteroatoms. The molecule has 20 heavy (non-hydrogen) atoms. The summed E-state index contributed by atoms with van der Waals surface area (Å²) in [6.07, 6.45) is 2.80. The van der Waals surface area contributed by atoms with Crippen LogP contribution in [-0.4, -0.2) is 31.7 Å². The number of hydrogen-bond acceptors (Lipinski definition) is 5. The quantitative estimate of drug-likeness (QED) is 0.856. The number of nitrogens with one attached hydrogen (secondary N) is 1. The van der Waals surface area contributed by atoms with Crippen molar-refractivity contribution in [1.82, 2.24) is 9.71 Å². The molecule has 6 nitrogen and oxygen atoms in total. The van der Waals surface area contributed by atoms with Gasteiger partial charge < -0.3 is 10.5 Å². The van der Waals surface area contributed by atoms with E-state index in [-0.39, 0.29) is 16.7 Å². The van der Waals surface area contributed by atoms with Gasteiger partial charge in [0, 0.05) is 25.4 Å². The zero-order chi connectivity index (χ0) is 14.8. The van der Waals surface area contributed by atoms with E-state index >= 15 is 0 Å². The second-order valence-corrected chi connectivity index (χ2v) is 7.29. The first-order valence-corrected chi connectivity index (χ1v) is 8.12. The Labute approximate surface area is 119 Å². The zero-order valence-electron chi connectivity index (χ0n) is 11.8. The maximum atomic E-state index is 12.3. The smallest absolute Gasteiger partial charge is 0.258 e. The minimum absolute atomic E-state index is 0.0268. The molecule has 0 bridgehead atoms. The molecule has 3 N–H and O–H groups in total. The van der Waals surface area contributed by atoms with Gasteiger partial charge in [0.1, 0.15) is 0 Å². The van der Waals surface area contributed by atoms with Gasteiger partial charge in [-0.3, -0.25) is 0 Å². The summed E-state index contributed by atoms with van der Waals surface area (Å²) < 4.78 is 32.8. The molecule has 0 aromatic carbocycles. The molecule has 0 spiro atoms. The number of ether oxygens (including phenoxy) is 1. The van der Waals surface area contributed by atoms with Crippen LogP contribution in [0.25, 0.3) is 0 Å². The number of hydrogen-bond donors (Lipinski definition) is 2. The van der Waals surface area contributed by atoms with Crippen molar-refractivity contribution in [3.63, 3.8) is 0 Å². The molecule has 0 radical (unpaired) electrons. The fourth-order valence-electron chi connectivity index (χ4n) is 2.30. The Bertz CT molecular complexity index is 555. The molecule has 112 valence electrons. The van der Waals surface area contributed by atoms with E-state index < -0.39 is 10.0 Å². The molecule has 0 saturated carbocycles. The van der Waals surface area contributed by atoms with E-state index in [2.05, 4.69) is 9.71 Å². The van der Waals surface area contributed by atoms with Gasteiger partial charge in [0.25, 0.3) is 10.0 Å². The van der Waals surface area contributed by atoms with Gasteiger partial charge in [-0.25, -0.2) is 18.1 Å². The molecule has 1 aromatic heterocycles. The van der Waals surface area contributed by atoms with Crippen molar-refractivity contribution >= 4 is 10.0 Å². The Morgan fingerprint density at radius 2 is 2.25 bits per heavy atom. The maximum Gasteiger partial charge on any atom is 0.258 e. The van der Waals surface area contributed by atoms with Crippen LogP contribution in [0.3, 0.4) is 0 Å². The Morgan fingerprint density at radius 1 is 1.50 bits per heavy atom. The number of pyridine rings is 1. The topological polar surface area (TPSA) is 94.3 Å². The predicted molar refractivity (Wildman–Crippen MR) is 75.5 cm³/mol. The van der Waals surface area contributed by atoms with Crippen LogP contribution in [0.15, 0.2) is 23.4 Å². The predicted octanol–water partition coefficient (Wildman–Crippen LogP) is 0.776. The number of nitrogens with zero attached hydrogens (tertiary/aromatic N) is 1. The second-order valence-electron chi connectivity index (χ2n) is 5.63. The van der Waals surface area contributed by atoms with Crippen molar-refractivity contribution in [2.24, 2.45) is 5.73 Å². The fraction of sp³-hybridized carbons (Fsp3) is 0.615. The fourth-order valence-corrected chi connectivity index (χ4v) is 3.50. The third-order valence-electron chi connectivity index (χ3n) is 3.33. The number of aromatic nitrogens is 1. The lowest BCUT2D eigenvalue weighted by molar-refractivity contribution is -0.0599. The largest absolute Gasteiger partial charge is 0.375 e. The third-order valence-corrected chi connectivity index (χ3v) is 4.76. The molecule has 2 rings (SSSR count). The van der Waals surface area contributed by atoms with Gasteiger partial charge >= 0.3 is 0 Å². The first-order valence-electron chi connectivity index (χ1n) is 6.64. The highest BCUT2D eigenvalue weighted by Gasteiger charge is 2.31. The average molecular weight is 299 g/mol. The van der Waals surface area contributed by atoms with Gasteiger partial charge in [-0.2, -0.15) is 0 Å². The Balaban J connectivity index is 2.10. The molecule has 2 heterocycles. The van der Waals surface area contributed by atoms with Crippen molar-refractivity contribution < 1.29 is 13.2 Å². The Kier molecular flexibility index (Phi) is 4.43. The van der Waals surface area contributed by atoms with Crippen LogP contribution in [0, 0.1) is 0 Å². The van der Waals surface area contributed by atoms with Crippen molar-refractivity contribution in [3.8, 4) is 0 Å². The van der Waals surface area contributed by atoms with Crippen LogP contribution in [0.1, 0.15) is 32.3 Å². The summed E-state index contributed by atoms with van der Waals surface area (Å²) in [5.41, 5.74) is 5.97. The van der Waals surface area contributed by atoms with E-state index in [1.165, 1.54) is 12.3 Å². The first-order chi connectivity index (χ1) is 9.32. The highest BCUT2D eigenvalue weighted by molar-refractivity contribution is 7.89. The minimum Gasteiger partial charge on any atom is -0.375 e. The minimum atomic E-state index is -3.59. The van der Waals surface area contributed by atoms with E-state index in [4.69, 9.17) is 10.5 Å². The molecule has 1 atom stereocenters. The monoisotopic (exact) mass is 299 g/mol. The zero-order valence-corrected chi connectivity index (χ0v) is 12.6. The summed E-state index contributed by atoms with van der Waals surface area (Å²) in [6.45, 7) is 4.82. The highest BCUT2D eigenvalue weighted by atomic mass is 32.2. The summed E-state index contributed by atoms with van der Waals surface area (Å²) in [7, 11) is -3.59. The second kappa shape index (κ2) is 5.77. The lowest BCUT2D eigenvalue weighted by atomic mass is 9.95. The summed E-state index contributed by atoms with van der Waals surface area (Å²) >= 11 is 0. The van der Waals surface area contributed by atoms with E-state index in [0.717, 1.165) is 5.56 Å². The third kappa shape index (κ3) is 3.76. The van der Waals surface area contributed by atoms with Crippen LogP contribution in [0.5, 0.6) is 0 Å². The maximum absolute atomic E-state index is 12.3. The summed E-state index contributed by atoms with van der Waals surface area (Å²) in [5, 5.41) is 0.0268. The van der Waals surface area contributed by atoms with Crippen molar-refractivity contribution in [1.29, 1.82) is 0 Å². The molecule has 1 aromatic rings. The molecule has 1 aliphatic heterocycles. The van der Waals surface area contributed by atoms with Crippen molar-refractivity contribution in [2.45, 2.75) is 49.9 Å². The Hall–Kier alpha value is -1.02. The van der Waals surface area contributed by atoms with Crippen LogP contribution in [-0.2, 0) is 21.3 Å². The van der Waals surface area contributed by atoms with Gasteiger partial charge in [0.15, 0.2) is 5.03 Å². The van der Waals surface area contributed by atoms with Crippen LogP contribution in [0.2, 0.25) is 0 Å². The SMILES string of the molecule is CC1(C)CC(NS(=O)(=O)c2ccc(CN)cn2)CCO1. The number of nitrogens with two attached hydrogens (primary N) is 1. The summed E-state index contributed by atoms with van der Waals surface area (Å²) in [6, 6.07) is 3.03. The van der Waals surface area contributed by atoms with Gasteiger partial charge in [-0.1, -0.05) is 6.07 Å². The molecular weight excluding hydrogens is 278 g/mol. The van der Waals surface area contributed by atoms with Gasteiger partial charge in [0.05, 0.1) is 5.60 Å². The van der Waals surface area contributed by atoms with Gasteiger partial charge in [0.2, 0.25) is 0 Å². The van der Waals surface area contributed by atoms with E-state index in [9.17, 15) is 8.42 Å². The molecule has 1 saturated heterocycles. The molecule has 0 aliphatic carbocycles. The van der Waals surface area contributed by atoms with Gasteiger partial charge in [-0.05, 0) is 38.3 Å². The first kappa shape index (κ1) is 15.4. The average Bonchev–Trinajstić information content (AvgIpc) is 2.37. The highest BCUT2D eigenvalue weighted by Crippen LogP contribution is 2.24. The normalized spacial score (nSPS) is 22.6. The lowest BCUT2D eigenvalue weighted by Gasteiger charge is -2.35. The van der Waals surface area contributed by atoms with Crippen molar-refractivity contribution in [3.05, 3.63) is 23.9 Å². The van der Waals surface area contributed by atoms with E-state index in [1.807, 2.05) is 13.8 Å². The van der Waals surface area contributed by atoms with Crippen molar-refractivity contribution in [2.75, 3.05) is 6.61 Å².